The highest BCUT2D eigenvalue weighted by molar-refractivity contribution is 7.92. The number of amides is 1. The molecule has 7 heteroatoms. The SMILES string of the molecule is C[C@@H](C(=O)NCCC1=CCCCC1)N(c1ccc(Cl)cc1)S(C)(=O)=O. The maximum Gasteiger partial charge on any atom is 0.243 e. The molecule has 0 heterocycles. The van der Waals surface area contributed by atoms with E-state index in [2.05, 4.69) is 11.4 Å². The third-order valence-electron chi connectivity index (χ3n) is 4.30. The molecule has 0 radical (unpaired) electrons. The second-order valence-electron chi connectivity index (χ2n) is 6.36. The van der Waals surface area contributed by atoms with Gasteiger partial charge in [-0.3, -0.25) is 9.10 Å². The Morgan fingerprint density at radius 2 is 1.96 bits per heavy atom. The third-order valence-corrected chi connectivity index (χ3v) is 5.79. The molecule has 0 aromatic heterocycles. The molecular formula is C18H25ClN2O3S. The van der Waals surface area contributed by atoms with Gasteiger partial charge in [0.15, 0.2) is 0 Å². The third kappa shape index (κ3) is 5.75. The fourth-order valence-corrected chi connectivity index (χ4v) is 4.32. The number of halogens is 1. The number of rotatable bonds is 7. The molecule has 0 saturated carbocycles. The Labute approximate surface area is 155 Å². The molecule has 0 unspecified atom stereocenters. The van der Waals surface area contributed by atoms with Gasteiger partial charge in [-0.25, -0.2) is 8.42 Å². The Hall–Kier alpha value is -1.53. The lowest BCUT2D eigenvalue weighted by atomic mass is 9.97. The Bertz CT molecular complexity index is 729. The van der Waals surface area contributed by atoms with E-state index >= 15 is 0 Å². The van der Waals surface area contributed by atoms with Gasteiger partial charge < -0.3 is 5.32 Å². The van der Waals surface area contributed by atoms with Crippen LogP contribution in [-0.2, 0) is 14.8 Å². The molecule has 0 aliphatic heterocycles. The van der Waals surface area contributed by atoms with Crippen LogP contribution in [0.15, 0.2) is 35.9 Å². The van der Waals surface area contributed by atoms with Crippen LogP contribution in [0.5, 0.6) is 0 Å². The predicted molar refractivity (Wildman–Crippen MR) is 102 cm³/mol. The van der Waals surface area contributed by atoms with Gasteiger partial charge in [-0.1, -0.05) is 23.3 Å². The number of nitrogens with one attached hydrogen (secondary N) is 1. The zero-order valence-corrected chi connectivity index (χ0v) is 16.2. The summed E-state index contributed by atoms with van der Waals surface area (Å²) in [5.74, 6) is -0.309. The van der Waals surface area contributed by atoms with E-state index < -0.39 is 16.1 Å². The Morgan fingerprint density at radius 1 is 1.28 bits per heavy atom. The lowest BCUT2D eigenvalue weighted by Crippen LogP contribution is -2.48. The van der Waals surface area contributed by atoms with Crippen molar-refractivity contribution in [3.63, 3.8) is 0 Å². The van der Waals surface area contributed by atoms with E-state index in [-0.39, 0.29) is 5.91 Å². The maximum absolute atomic E-state index is 12.5. The first-order valence-corrected chi connectivity index (χ1v) is 10.7. The van der Waals surface area contributed by atoms with E-state index in [0.29, 0.717) is 17.3 Å². The molecule has 0 spiro atoms. The molecule has 0 fully saturated rings. The number of hydrogen-bond acceptors (Lipinski definition) is 3. The van der Waals surface area contributed by atoms with Crippen LogP contribution in [-0.4, -0.2) is 33.2 Å². The van der Waals surface area contributed by atoms with Gasteiger partial charge in [-0.15, -0.1) is 0 Å². The summed E-state index contributed by atoms with van der Waals surface area (Å²) >= 11 is 5.86. The van der Waals surface area contributed by atoms with Crippen LogP contribution in [0.2, 0.25) is 5.02 Å². The van der Waals surface area contributed by atoms with E-state index in [1.165, 1.54) is 18.4 Å². The van der Waals surface area contributed by atoms with Crippen LogP contribution in [0.25, 0.3) is 0 Å². The van der Waals surface area contributed by atoms with Crippen LogP contribution >= 0.6 is 11.6 Å². The molecule has 1 aliphatic rings. The van der Waals surface area contributed by atoms with Crippen molar-refractivity contribution in [2.75, 3.05) is 17.1 Å². The lowest BCUT2D eigenvalue weighted by Gasteiger charge is -2.28. The number of carbonyl (C=O) groups is 1. The smallest absolute Gasteiger partial charge is 0.243 e. The molecule has 1 atom stereocenters. The average molecular weight is 385 g/mol. The minimum atomic E-state index is -3.60. The molecule has 0 bridgehead atoms. The largest absolute Gasteiger partial charge is 0.354 e. The molecule has 2 rings (SSSR count). The predicted octanol–water partition coefficient (Wildman–Crippen LogP) is 3.50. The van der Waals surface area contributed by atoms with E-state index in [1.54, 1.807) is 31.2 Å². The lowest BCUT2D eigenvalue weighted by molar-refractivity contribution is -0.121. The minimum absolute atomic E-state index is 0.309. The first-order valence-electron chi connectivity index (χ1n) is 8.49. The summed E-state index contributed by atoms with van der Waals surface area (Å²) in [6.07, 6.45) is 8.79. The number of allylic oxidation sites excluding steroid dienone is 1. The van der Waals surface area contributed by atoms with Crippen molar-refractivity contribution < 1.29 is 13.2 Å². The summed E-state index contributed by atoms with van der Waals surface area (Å²) < 4.78 is 25.5. The Balaban J connectivity index is 2.02. The Morgan fingerprint density at radius 3 is 2.52 bits per heavy atom. The zero-order chi connectivity index (χ0) is 18.4. The second-order valence-corrected chi connectivity index (χ2v) is 8.66. The molecule has 1 aliphatic carbocycles. The number of hydrogen-bond donors (Lipinski definition) is 1. The topological polar surface area (TPSA) is 66.5 Å². The van der Waals surface area contributed by atoms with Gasteiger partial charge in [0.1, 0.15) is 6.04 Å². The van der Waals surface area contributed by atoms with E-state index in [1.807, 2.05) is 0 Å². The molecule has 25 heavy (non-hydrogen) atoms. The van der Waals surface area contributed by atoms with Gasteiger partial charge in [0.25, 0.3) is 0 Å². The normalized spacial score (nSPS) is 16.0. The highest BCUT2D eigenvalue weighted by Crippen LogP contribution is 2.23. The fourth-order valence-electron chi connectivity index (χ4n) is 3.02. The molecule has 1 aromatic rings. The average Bonchev–Trinajstić information content (AvgIpc) is 2.56. The summed E-state index contributed by atoms with van der Waals surface area (Å²) in [6, 6.07) is 5.57. The first kappa shape index (κ1) is 19.8. The van der Waals surface area contributed by atoms with Crippen molar-refractivity contribution in [1.29, 1.82) is 0 Å². The van der Waals surface area contributed by atoms with Gasteiger partial charge in [0.05, 0.1) is 11.9 Å². The molecule has 1 amide bonds. The van der Waals surface area contributed by atoms with Crippen molar-refractivity contribution in [2.24, 2.45) is 0 Å². The summed E-state index contributed by atoms with van der Waals surface area (Å²) in [5, 5.41) is 3.36. The molecule has 5 nitrogen and oxygen atoms in total. The molecule has 138 valence electrons. The standard InChI is InChI=1S/C18H25ClN2O3S/c1-14(18(22)20-13-12-15-6-4-3-5-7-15)21(25(2,23)24)17-10-8-16(19)9-11-17/h6,8-11,14H,3-5,7,12-13H2,1-2H3,(H,20,22)/t14-/m0/s1. The minimum Gasteiger partial charge on any atom is -0.354 e. The second kappa shape index (κ2) is 8.72. The van der Waals surface area contributed by atoms with Crippen LogP contribution in [0.3, 0.4) is 0 Å². The van der Waals surface area contributed by atoms with Gasteiger partial charge >= 0.3 is 0 Å². The number of benzene rings is 1. The number of sulfonamides is 1. The monoisotopic (exact) mass is 384 g/mol. The zero-order valence-electron chi connectivity index (χ0n) is 14.7. The van der Waals surface area contributed by atoms with Crippen LogP contribution in [0.4, 0.5) is 5.69 Å². The van der Waals surface area contributed by atoms with Crippen molar-refractivity contribution >= 4 is 33.2 Å². The molecule has 1 N–H and O–H groups in total. The summed E-state index contributed by atoms with van der Waals surface area (Å²) in [7, 11) is -3.60. The quantitative estimate of drug-likeness (QED) is 0.731. The van der Waals surface area contributed by atoms with Crippen LogP contribution < -0.4 is 9.62 Å². The van der Waals surface area contributed by atoms with Gasteiger partial charge in [0, 0.05) is 11.6 Å². The van der Waals surface area contributed by atoms with Gasteiger partial charge in [-0.05, 0) is 63.3 Å². The van der Waals surface area contributed by atoms with Crippen molar-refractivity contribution in [2.45, 2.75) is 45.1 Å². The summed E-state index contributed by atoms with van der Waals surface area (Å²) in [5.41, 5.74) is 1.79. The first-order chi connectivity index (χ1) is 11.8. The fraction of sp³-hybridized carbons (Fsp3) is 0.500. The van der Waals surface area contributed by atoms with Crippen molar-refractivity contribution in [3.8, 4) is 0 Å². The van der Waals surface area contributed by atoms with Crippen molar-refractivity contribution in [3.05, 3.63) is 40.9 Å². The number of anilines is 1. The van der Waals surface area contributed by atoms with E-state index in [0.717, 1.165) is 29.8 Å². The highest BCUT2D eigenvalue weighted by atomic mass is 35.5. The van der Waals surface area contributed by atoms with Gasteiger partial charge in [-0.2, -0.15) is 0 Å². The number of carbonyl (C=O) groups excluding carboxylic acids is 1. The maximum atomic E-state index is 12.5. The molecule has 0 saturated heterocycles. The Kier molecular flexibility index (Phi) is 6.90. The number of nitrogens with zero attached hydrogens (tertiary/aromatic N) is 1. The van der Waals surface area contributed by atoms with Gasteiger partial charge in [0.2, 0.25) is 15.9 Å². The van der Waals surface area contributed by atoms with Crippen LogP contribution in [0.1, 0.15) is 39.0 Å². The summed E-state index contributed by atoms with van der Waals surface area (Å²) in [6.45, 7) is 2.11. The molecular weight excluding hydrogens is 360 g/mol. The van der Waals surface area contributed by atoms with Crippen molar-refractivity contribution in [1.82, 2.24) is 5.32 Å². The van der Waals surface area contributed by atoms with E-state index in [4.69, 9.17) is 11.6 Å². The highest BCUT2D eigenvalue weighted by Gasteiger charge is 2.28. The van der Waals surface area contributed by atoms with Crippen LogP contribution in [0, 0.1) is 0 Å². The summed E-state index contributed by atoms with van der Waals surface area (Å²) in [4.78, 5) is 12.5. The van der Waals surface area contributed by atoms with E-state index in [9.17, 15) is 13.2 Å². The molecule has 1 aromatic carbocycles.